The number of unbranched alkanes of at least 4 members (excludes halogenated alkanes) is 23. The van der Waals surface area contributed by atoms with Crippen molar-refractivity contribution >= 4 is 17.9 Å². The van der Waals surface area contributed by atoms with Gasteiger partial charge < -0.3 is 14.2 Å². The summed E-state index contributed by atoms with van der Waals surface area (Å²) >= 11 is 0. The molecule has 0 amide bonds. The molecule has 0 aromatic carbocycles. The molecule has 418 valence electrons. The first kappa shape index (κ1) is 69.5. The number of hydrogen-bond acceptors (Lipinski definition) is 6. The molecule has 6 heteroatoms. The van der Waals surface area contributed by atoms with E-state index in [1.54, 1.807) is 0 Å². The normalized spacial score (nSPS) is 13.1. The van der Waals surface area contributed by atoms with Crippen LogP contribution in [-0.4, -0.2) is 37.2 Å². The minimum atomic E-state index is -0.825. The lowest BCUT2D eigenvalue weighted by atomic mass is 10.1. The zero-order valence-electron chi connectivity index (χ0n) is 47.8. The van der Waals surface area contributed by atoms with Gasteiger partial charge >= 0.3 is 17.9 Å². The van der Waals surface area contributed by atoms with E-state index in [9.17, 15) is 14.4 Å². The molecule has 6 nitrogen and oxygen atoms in total. The van der Waals surface area contributed by atoms with Gasteiger partial charge in [-0.15, -0.1) is 0 Å². The molecule has 74 heavy (non-hydrogen) atoms. The van der Waals surface area contributed by atoms with Gasteiger partial charge in [0.25, 0.3) is 0 Å². The van der Waals surface area contributed by atoms with Crippen LogP contribution in [0, 0.1) is 0 Å². The molecule has 0 aliphatic heterocycles. The Morgan fingerprint density at radius 2 is 0.608 bits per heavy atom. The lowest BCUT2D eigenvalue weighted by Crippen LogP contribution is -2.30. The fourth-order valence-electron chi connectivity index (χ4n) is 7.93. The second kappa shape index (κ2) is 61.1. The smallest absolute Gasteiger partial charge is 0.306 e. The highest BCUT2D eigenvalue weighted by atomic mass is 16.6. The number of carbonyl (C=O) groups is 3. The number of hydrogen-bond donors (Lipinski definition) is 0. The summed E-state index contributed by atoms with van der Waals surface area (Å²) in [6, 6.07) is 0. The Bertz CT molecular complexity index is 1600. The van der Waals surface area contributed by atoms with Crippen molar-refractivity contribution in [3.8, 4) is 0 Å². The first-order valence-corrected chi connectivity index (χ1v) is 30.2. The maximum atomic E-state index is 12.9. The number of ether oxygens (including phenoxy) is 3. The summed E-state index contributed by atoms with van der Waals surface area (Å²) in [4.78, 5) is 38.2. The lowest BCUT2D eigenvalue weighted by Gasteiger charge is -2.18. The van der Waals surface area contributed by atoms with Crippen molar-refractivity contribution in [3.05, 3.63) is 134 Å². The average molecular weight is 1020 g/mol. The average Bonchev–Trinajstić information content (AvgIpc) is 3.40. The predicted octanol–water partition coefficient (Wildman–Crippen LogP) is 20.6. The lowest BCUT2D eigenvalue weighted by molar-refractivity contribution is -0.166. The van der Waals surface area contributed by atoms with Crippen molar-refractivity contribution in [1.82, 2.24) is 0 Å². The fourth-order valence-corrected chi connectivity index (χ4v) is 7.93. The maximum Gasteiger partial charge on any atom is 0.306 e. The minimum Gasteiger partial charge on any atom is -0.462 e. The van der Waals surface area contributed by atoms with E-state index >= 15 is 0 Å². The molecule has 0 N–H and O–H groups in total. The van der Waals surface area contributed by atoms with Crippen molar-refractivity contribution < 1.29 is 28.6 Å². The maximum absolute atomic E-state index is 12.9. The van der Waals surface area contributed by atoms with E-state index in [0.29, 0.717) is 19.3 Å². The van der Waals surface area contributed by atoms with E-state index in [1.165, 1.54) is 109 Å². The number of carbonyl (C=O) groups excluding carboxylic acids is 3. The Labute approximate surface area is 455 Å². The molecule has 0 radical (unpaired) electrons. The van der Waals surface area contributed by atoms with Crippen LogP contribution in [0.5, 0.6) is 0 Å². The van der Waals surface area contributed by atoms with Crippen LogP contribution in [-0.2, 0) is 28.6 Å². The van der Waals surface area contributed by atoms with Crippen LogP contribution in [0.1, 0.15) is 258 Å². The van der Waals surface area contributed by atoms with Crippen LogP contribution in [0.25, 0.3) is 0 Å². The number of rotatable bonds is 53. The van der Waals surface area contributed by atoms with E-state index in [4.69, 9.17) is 14.2 Å². The van der Waals surface area contributed by atoms with Crippen LogP contribution in [0.3, 0.4) is 0 Å². The largest absolute Gasteiger partial charge is 0.462 e. The third kappa shape index (κ3) is 58.4. The molecular weight excluding hydrogens is 913 g/mol. The number of allylic oxidation sites excluding steroid dienone is 22. The molecule has 0 heterocycles. The molecule has 0 aromatic rings. The zero-order chi connectivity index (χ0) is 53.6. The van der Waals surface area contributed by atoms with Gasteiger partial charge in [0, 0.05) is 19.3 Å². The Kier molecular flexibility index (Phi) is 57.4. The van der Waals surface area contributed by atoms with Gasteiger partial charge in [-0.1, -0.05) is 264 Å². The fraction of sp³-hybridized carbons (Fsp3) is 0.632. The van der Waals surface area contributed by atoms with Gasteiger partial charge in [-0.05, 0) is 109 Å². The third-order valence-corrected chi connectivity index (χ3v) is 12.5. The molecule has 0 fully saturated rings. The summed E-state index contributed by atoms with van der Waals surface area (Å²) in [5.41, 5.74) is 0. The molecule has 1 atom stereocenters. The molecule has 0 aliphatic rings. The van der Waals surface area contributed by atoms with E-state index in [2.05, 4.69) is 148 Å². The first-order valence-electron chi connectivity index (χ1n) is 30.2. The molecule has 0 spiro atoms. The Hall–Kier alpha value is -4.45. The molecule has 0 saturated heterocycles. The first-order chi connectivity index (χ1) is 36.5. The summed E-state index contributed by atoms with van der Waals surface area (Å²) in [6.07, 6.45) is 85.9. The van der Waals surface area contributed by atoms with Gasteiger partial charge in [-0.25, -0.2) is 0 Å². The van der Waals surface area contributed by atoms with Gasteiger partial charge in [0.15, 0.2) is 6.10 Å². The highest BCUT2D eigenvalue weighted by molar-refractivity contribution is 5.71. The Balaban J connectivity index is 4.56. The molecular formula is C68H110O6. The van der Waals surface area contributed by atoms with Crippen molar-refractivity contribution in [2.24, 2.45) is 0 Å². The Morgan fingerprint density at radius 3 is 1.03 bits per heavy atom. The van der Waals surface area contributed by atoms with Crippen molar-refractivity contribution in [2.45, 2.75) is 264 Å². The SMILES string of the molecule is CC/C=C\C/C=C\C/C=C\C/C=C\C/C=C\C/C=C\CCC(=O)OCC(COC(=O)CCCCCCC\C=C/C=C\C=C/CCCCCCC)OC(=O)CCCCCCCCCCCC/C=C\C=C/CCCCC. The van der Waals surface area contributed by atoms with Crippen molar-refractivity contribution in [3.63, 3.8) is 0 Å². The van der Waals surface area contributed by atoms with Gasteiger partial charge in [0.05, 0.1) is 0 Å². The van der Waals surface area contributed by atoms with Gasteiger partial charge in [0.1, 0.15) is 13.2 Å². The summed E-state index contributed by atoms with van der Waals surface area (Å²) in [7, 11) is 0. The van der Waals surface area contributed by atoms with Crippen molar-refractivity contribution in [1.29, 1.82) is 0 Å². The second-order valence-electron chi connectivity index (χ2n) is 19.6. The number of esters is 3. The van der Waals surface area contributed by atoms with E-state index in [-0.39, 0.29) is 37.5 Å². The molecule has 1 unspecified atom stereocenters. The molecule has 0 rings (SSSR count). The molecule has 0 aromatic heterocycles. The summed E-state index contributed by atoms with van der Waals surface area (Å²) < 4.78 is 16.8. The second-order valence-corrected chi connectivity index (χ2v) is 19.6. The van der Waals surface area contributed by atoms with Crippen LogP contribution in [0.15, 0.2) is 134 Å². The van der Waals surface area contributed by atoms with Crippen LogP contribution >= 0.6 is 0 Å². The third-order valence-electron chi connectivity index (χ3n) is 12.5. The zero-order valence-corrected chi connectivity index (χ0v) is 47.8. The standard InChI is InChI=1S/C68H110O6/c1-4-7-10-13-16-19-22-25-28-31-34-37-40-43-46-49-52-55-58-61-67(70)73-64-65(63-72-66(69)60-57-54-51-48-45-42-39-36-33-30-27-24-21-18-15-12-9-6-3)74-68(71)62-59-56-53-50-47-44-41-38-35-32-29-26-23-20-17-14-11-8-5-2/h7,10,16-17,19-20,23-28,30,33-34,36-37,39,43,46,52,55,65H,4-6,8-9,11-15,18,21-22,29,31-32,35,38,40-42,44-45,47-51,53-54,56-64H2,1-3H3/b10-7-,19-16-,20-17-,26-23-,27-24-,28-25-,33-30-,37-34-,39-36-,46-43-,55-52-. The Morgan fingerprint density at radius 1 is 0.297 bits per heavy atom. The van der Waals surface area contributed by atoms with Crippen molar-refractivity contribution in [2.75, 3.05) is 13.2 Å². The van der Waals surface area contributed by atoms with Gasteiger partial charge in [0.2, 0.25) is 0 Å². The summed E-state index contributed by atoms with van der Waals surface area (Å²) in [5, 5.41) is 0. The summed E-state index contributed by atoms with van der Waals surface area (Å²) in [6.45, 7) is 6.40. The van der Waals surface area contributed by atoms with E-state index in [0.717, 1.165) is 103 Å². The molecule has 0 aliphatic carbocycles. The van der Waals surface area contributed by atoms with Crippen LogP contribution < -0.4 is 0 Å². The topological polar surface area (TPSA) is 78.9 Å². The van der Waals surface area contributed by atoms with Crippen LogP contribution in [0.4, 0.5) is 0 Å². The van der Waals surface area contributed by atoms with Crippen LogP contribution in [0.2, 0.25) is 0 Å². The summed E-state index contributed by atoms with van der Waals surface area (Å²) in [5.74, 6) is -1.03. The quantitative estimate of drug-likeness (QED) is 0.0199. The molecule has 0 bridgehead atoms. The van der Waals surface area contributed by atoms with Gasteiger partial charge in [-0.2, -0.15) is 0 Å². The predicted molar refractivity (Wildman–Crippen MR) is 320 cm³/mol. The van der Waals surface area contributed by atoms with Gasteiger partial charge in [-0.3, -0.25) is 14.4 Å². The monoisotopic (exact) mass is 1020 g/mol. The van der Waals surface area contributed by atoms with E-state index < -0.39 is 6.10 Å². The highest BCUT2D eigenvalue weighted by Gasteiger charge is 2.19. The van der Waals surface area contributed by atoms with E-state index in [1.807, 2.05) is 6.08 Å². The highest BCUT2D eigenvalue weighted by Crippen LogP contribution is 2.14. The molecule has 0 saturated carbocycles. The minimum absolute atomic E-state index is 0.117.